The van der Waals surface area contributed by atoms with E-state index in [9.17, 15) is 4.79 Å². The van der Waals surface area contributed by atoms with E-state index >= 15 is 0 Å². The standard InChI is InChI=1S/C20H19NO4/c1-3-13-23-16-9-11-17(12-10-16)25-20(22)18-14(2)24-19(21-18)15-7-5-4-6-8-15/h4-12H,3,13H2,1-2H3. The predicted octanol–water partition coefficient (Wildman–Crippen LogP) is 4.66. The summed E-state index contributed by atoms with van der Waals surface area (Å²) in [6.07, 6.45) is 0.936. The highest BCUT2D eigenvalue weighted by molar-refractivity contribution is 5.90. The molecule has 3 aromatic rings. The lowest BCUT2D eigenvalue weighted by atomic mass is 10.2. The maximum Gasteiger partial charge on any atom is 0.366 e. The molecule has 5 heteroatoms. The fourth-order valence-electron chi connectivity index (χ4n) is 2.27. The van der Waals surface area contributed by atoms with Crippen molar-refractivity contribution in [2.75, 3.05) is 6.61 Å². The first-order chi connectivity index (χ1) is 12.2. The number of carbonyl (C=O) groups is 1. The monoisotopic (exact) mass is 337 g/mol. The number of ether oxygens (including phenoxy) is 2. The third-order valence-corrected chi connectivity index (χ3v) is 3.52. The molecule has 25 heavy (non-hydrogen) atoms. The van der Waals surface area contributed by atoms with E-state index < -0.39 is 5.97 Å². The van der Waals surface area contributed by atoms with Crippen LogP contribution in [0.2, 0.25) is 0 Å². The number of hydrogen-bond acceptors (Lipinski definition) is 5. The normalized spacial score (nSPS) is 10.5. The number of hydrogen-bond donors (Lipinski definition) is 0. The van der Waals surface area contributed by atoms with Crippen LogP contribution in [0.4, 0.5) is 0 Å². The molecule has 0 unspecified atom stereocenters. The third kappa shape index (κ3) is 4.07. The molecular weight excluding hydrogens is 318 g/mol. The molecule has 0 saturated heterocycles. The number of aryl methyl sites for hydroxylation is 1. The van der Waals surface area contributed by atoms with Crippen molar-refractivity contribution in [1.82, 2.24) is 4.98 Å². The highest BCUT2D eigenvalue weighted by Crippen LogP contribution is 2.23. The molecule has 0 aliphatic carbocycles. The number of carbonyl (C=O) groups excluding carboxylic acids is 1. The van der Waals surface area contributed by atoms with Gasteiger partial charge in [0.2, 0.25) is 5.89 Å². The van der Waals surface area contributed by atoms with Crippen LogP contribution in [0.5, 0.6) is 11.5 Å². The van der Waals surface area contributed by atoms with Gasteiger partial charge in [-0.3, -0.25) is 0 Å². The second kappa shape index (κ2) is 7.66. The van der Waals surface area contributed by atoms with E-state index in [1.54, 1.807) is 31.2 Å². The summed E-state index contributed by atoms with van der Waals surface area (Å²) in [6.45, 7) is 4.39. The molecule has 0 fully saturated rings. The molecule has 0 bridgehead atoms. The zero-order chi connectivity index (χ0) is 17.6. The molecule has 2 aromatic carbocycles. The molecule has 0 radical (unpaired) electrons. The van der Waals surface area contributed by atoms with Gasteiger partial charge in [0.25, 0.3) is 0 Å². The van der Waals surface area contributed by atoms with Gasteiger partial charge in [-0.05, 0) is 49.7 Å². The van der Waals surface area contributed by atoms with Crippen molar-refractivity contribution in [3.8, 4) is 23.0 Å². The van der Waals surface area contributed by atoms with Gasteiger partial charge in [0.05, 0.1) is 6.61 Å². The van der Waals surface area contributed by atoms with Crippen LogP contribution in [-0.2, 0) is 0 Å². The maximum absolute atomic E-state index is 12.4. The van der Waals surface area contributed by atoms with E-state index in [0.29, 0.717) is 24.0 Å². The van der Waals surface area contributed by atoms with Crippen LogP contribution in [0.3, 0.4) is 0 Å². The van der Waals surface area contributed by atoms with Gasteiger partial charge >= 0.3 is 5.97 Å². The average molecular weight is 337 g/mol. The lowest BCUT2D eigenvalue weighted by molar-refractivity contribution is 0.0727. The fourth-order valence-corrected chi connectivity index (χ4v) is 2.27. The zero-order valence-electron chi connectivity index (χ0n) is 14.2. The Morgan fingerprint density at radius 3 is 2.40 bits per heavy atom. The molecule has 0 saturated carbocycles. The molecule has 1 aromatic heterocycles. The molecule has 0 amide bonds. The summed E-state index contributed by atoms with van der Waals surface area (Å²) < 4.78 is 16.5. The summed E-state index contributed by atoms with van der Waals surface area (Å²) in [5, 5.41) is 0. The van der Waals surface area contributed by atoms with Crippen LogP contribution in [0.25, 0.3) is 11.5 Å². The van der Waals surface area contributed by atoms with E-state index in [4.69, 9.17) is 13.9 Å². The minimum Gasteiger partial charge on any atom is -0.494 e. The number of benzene rings is 2. The van der Waals surface area contributed by atoms with Crippen molar-refractivity contribution in [3.05, 3.63) is 66.1 Å². The summed E-state index contributed by atoms with van der Waals surface area (Å²) in [6, 6.07) is 16.3. The van der Waals surface area contributed by atoms with Gasteiger partial charge in [0.15, 0.2) is 5.69 Å². The van der Waals surface area contributed by atoms with Crippen molar-refractivity contribution in [1.29, 1.82) is 0 Å². The van der Waals surface area contributed by atoms with Crippen LogP contribution < -0.4 is 9.47 Å². The van der Waals surface area contributed by atoms with E-state index in [-0.39, 0.29) is 5.69 Å². The number of rotatable bonds is 6. The van der Waals surface area contributed by atoms with Crippen LogP contribution >= 0.6 is 0 Å². The predicted molar refractivity (Wildman–Crippen MR) is 93.9 cm³/mol. The Bertz CT molecular complexity index is 838. The largest absolute Gasteiger partial charge is 0.494 e. The van der Waals surface area contributed by atoms with E-state index in [1.807, 2.05) is 37.3 Å². The minimum absolute atomic E-state index is 0.171. The van der Waals surface area contributed by atoms with Crippen molar-refractivity contribution in [2.24, 2.45) is 0 Å². The van der Waals surface area contributed by atoms with Crippen LogP contribution in [0.15, 0.2) is 59.0 Å². The SMILES string of the molecule is CCCOc1ccc(OC(=O)c2nc(-c3ccccc3)oc2C)cc1. The first-order valence-electron chi connectivity index (χ1n) is 8.15. The zero-order valence-corrected chi connectivity index (χ0v) is 14.2. The Morgan fingerprint density at radius 1 is 1.04 bits per heavy atom. The average Bonchev–Trinajstić information content (AvgIpc) is 3.04. The van der Waals surface area contributed by atoms with Crippen molar-refractivity contribution in [3.63, 3.8) is 0 Å². The molecule has 0 atom stereocenters. The molecule has 0 spiro atoms. The maximum atomic E-state index is 12.4. The van der Waals surface area contributed by atoms with E-state index in [0.717, 1.165) is 17.7 Å². The molecule has 0 aliphatic rings. The first-order valence-corrected chi connectivity index (χ1v) is 8.15. The number of esters is 1. The van der Waals surface area contributed by atoms with Gasteiger partial charge in [-0.2, -0.15) is 0 Å². The van der Waals surface area contributed by atoms with Crippen LogP contribution in [0, 0.1) is 6.92 Å². The highest BCUT2D eigenvalue weighted by atomic mass is 16.5. The van der Waals surface area contributed by atoms with Gasteiger partial charge in [0.1, 0.15) is 17.3 Å². The summed E-state index contributed by atoms with van der Waals surface area (Å²) in [7, 11) is 0. The molecule has 128 valence electrons. The smallest absolute Gasteiger partial charge is 0.366 e. The second-order valence-corrected chi connectivity index (χ2v) is 5.50. The van der Waals surface area contributed by atoms with Gasteiger partial charge < -0.3 is 13.9 Å². The topological polar surface area (TPSA) is 61.6 Å². The molecule has 1 heterocycles. The first kappa shape index (κ1) is 16.8. The van der Waals surface area contributed by atoms with Gasteiger partial charge in [-0.25, -0.2) is 9.78 Å². The summed E-state index contributed by atoms with van der Waals surface area (Å²) in [5.74, 6) is 1.44. The van der Waals surface area contributed by atoms with E-state index in [2.05, 4.69) is 4.98 Å². The summed E-state index contributed by atoms with van der Waals surface area (Å²) >= 11 is 0. The Kier molecular flexibility index (Phi) is 5.14. The Morgan fingerprint density at radius 2 is 1.72 bits per heavy atom. The van der Waals surface area contributed by atoms with E-state index in [1.165, 1.54) is 0 Å². The Balaban J connectivity index is 1.72. The van der Waals surface area contributed by atoms with Crippen molar-refractivity contribution >= 4 is 5.97 Å². The molecule has 5 nitrogen and oxygen atoms in total. The number of oxazole rings is 1. The fraction of sp³-hybridized carbons (Fsp3) is 0.200. The van der Waals surface area contributed by atoms with Crippen molar-refractivity contribution in [2.45, 2.75) is 20.3 Å². The Labute approximate surface area is 146 Å². The molecule has 0 N–H and O–H groups in total. The molecule has 0 aliphatic heterocycles. The summed E-state index contributed by atoms with van der Waals surface area (Å²) in [5.41, 5.74) is 0.979. The van der Waals surface area contributed by atoms with Crippen LogP contribution in [-0.4, -0.2) is 17.6 Å². The minimum atomic E-state index is -0.550. The van der Waals surface area contributed by atoms with Gasteiger partial charge in [-0.1, -0.05) is 25.1 Å². The highest BCUT2D eigenvalue weighted by Gasteiger charge is 2.20. The Hall–Kier alpha value is -3.08. The van der Waals surface area contributed by atoms with Gasteiger partial charge in [0, 0.05) is 5.56 Å². The number of nitrogens with zero attached hydrogens (tertiary/aromatic N) is 1. The van der Waals surface area contributed by atoms with Gasteiger partial charge in [-0.15, -0.1) is 0 Å². The molecular formula is C20H19NO4. The van der Waals surface area contributed by atoms with Crippen molar-refractivity contribution < 1.29 is 18.7 Å². The number of aromatic nitrogens is 1. The quantitative estimate of drug-likeness (QED) is 0.484. The lowest BCUT2D eigenvalue weighted by Gasteiger charge is -2.06. The third-order valence-electron chi connectivity index (χ3n) is 3.52. The molecule has 3 rings (SSSR count). The lowest BCUT2D eigenvalue weighted by Crippen LogP contribution is -2.10. The second-order valence-electron chi connectivity index (χ2n) is 5.50. The van der Waals surface area contributed by atoms with Crippen LogP contribution in [0.1, 0.15) is 29.6 Å². The summed E-state index contributed by atoms with van der Waals surface area (Å²) in [4.78, 5) is 16.6.